The molecule has 30 heavy (non-hydrogen) atoms. The van der Waals surface area contributed by atoms with Crippen molar-refractivity contribution in [1.82, 2.24) is 0 Å². The summed E-state index contributed by atoms with van der Waals surface area (Å²) in [4.78, 5) is 12.1. The van der Waals surface area contributed by atoms with Crippen molar-refractivity contribution in [2.75, 3.05) is 14.8 Å². The Morgan fingerprint density at radius 2 is 1.43 bits per heavy atom. The predicted molar refractivity (Wildman–Crippen MR) is 110 cm³/mol. The topological polar surface area (TPSA) is 161 Å². The standard InChI is InChI=1S/C17H19N3O7S3/c1-17(2)11-28(22,23)20(16(17)21)13-5-9-15(10-6-13)30(26,27)19-12-3-7-14(8-4-12)29(18,24)25/h3-10,19H,11H2,1-2H3,(H2,18,24,25). The summed E-state index contributed by atoms with van der Waals surface area (Å²) in [7, 11) is -11.8. The molecule has 0 spiro atoms. The third kappa shape index (κ3) is 4.19. The van der Waals surface area contributed by atoms with Gasteiger partial charge in [-0.2, -0.15) is 0 Å². The summed E-state index contributed by atoms with van der Waals surface area (Å²) in [6, 6.07) is 9.59. The molecule has 1 aliphatic heterocycles. The number of rotatable bonds is 5. The molecule has 3 N–H and O–H groups in total. The number of nitrogens with two attached hydrogens (primary N) is 1. The van der Waals surface area contributed by atoms with E-state index in [0.717, 1.165) is 12.1 Å². The molecule has 1 aliphatic rings. The maximum atomic E-state index is 12.6. The molecule has 162 valence electrons. The number of nitrogens with zero attached hydrogens (tertiary/aromatic N) is 1. The molecule has 3 rings (SSSR count). The molecular formula is C17H19N3O7S3. The average Bonchev–Trinajstić information content (AvgIpc) is 2.77. The SMILES string of the molecule is CC1(C)CS(=O)(=O)N(c2ccc(S(=O)(=O)Nc3ccc(S(N)(=O)=O)cc3)cc2)C1=O. The van der Waals surface area contributed by atoms with Gasteiger partial charge in [0.15, 0.2) is 0 Å². The van der Waals surface area contributed by atoms with E-state index in [2.05, 4.69) is 4.72 Å². The van der Waals surface area contributed by atoms with E-state index in [9.17, 15) is 30.0 Å². The maximum absolute atomic E-state index is 12.6. The van der Waals surface area contributed by atoms with Crippen molar-refractivity contribution >= 4 is 47.4 Å². The Bertz CT molecular complexity index is 1310. The summed E-state index contributed by atoms with van der Waals surface area (Å²) >= 11 is 0. The van der Waals surface area contributed by atoms with Gasteiger partial charge in [-0.05, 0) is 62.4 Å². The Labute approximate surface area is 174 Å². The lowest BCUT2D eigenvalue weighted by atomic mass is 9.95. The number of carbonyl (C=O) groups is 1. The van der Waals surface area contributed by atoms with Crippen molar-refractivity contribution in [1.29, 1.82) is 0 Å². The molecule has 0 bridgehead atoms. The molecular weight excluding hydrogens is 454 g/mol. The van der Waals surface area contributed by atoms with Crippen molar-refractivity contribution < 1.29 is 30.0 Å². The predicted octanol–water partition coefficient (Wildman–Crippen LogP) is 0.837. The molecule has 1 amide bonds. The van der Waals surface area contributed by atoms with Gasteiger partial charge in [-0.3, -0.25) is 9.52 Å². The number of carbonyl (C=O) groups excluding carboxylic acids is 1. The number of benzene rings is 2. The Morgan fingerprint density at radius 3 is 1.87 bits per heavy atom. The highest BCUT2D eigenvalue weighted by molar-refractivity contribution is 7.94. The minimum Gasteiger partial charge on any atom is -0.280 e. The second-order valence-electron chi connectivity index (χ2n) is 7.38. The van der Waals surface area contributed by atoms with Gasteiger partial charge >= 0.3 is 0 Å². The van der Waals surface area contributed by atoms with Crippen molar-refractivity contribution in [3.05, 3.63) is 48.5 Å². The summed E-state index contributed by atoms with van der Waals surface area (Å²) in [5, 5.41) is 5.00. The lowest BCUT2D eigenvalue weighted by Gasteiger charge is -2.17. The van der Waals surface area contributed by atoms with Crippen LogP contribution in [0.25, 0.3) is 0 Å². The fourth-order valence-corrected chi connectivity index (χ4v) is 6.63. The molecule has 1 saturated heterocycles. The van der Waals surface area contributed by atoms with Crippen LogP contribution in [0.2, 0.25) is 0 Å². The molecule has 1 fully saturated rings. The number of amides is 1. The van der Waals surface area contributed by atoms with Crippen molar-refractivity contribution in [3.8, 4) is 0 Å². The number of sulfonamides is 3. The van der Waals surface area contributed by atoms with Crippen LogP contribution in [0.4, 0.5) is 11.4 Å². The quantitative estimate of drug-likeness (QED) is 0.650. The van der Waals surface area contributed by atoms with E-state index in [0.29, 0.717) is 4.31 Å². The van der Waals surface area contributed by atoms with E-state index >= 15 is 0 Å². The highest BCUT2D eigenvalue weighted by Gasteiger charge is 2.49. The highest BCUT2D eigenvalue weighted by atomic mass is 32.2. The average molecular weight is 474 g/mol. The summed E-state index contributed by atoms with van der Waals surface area (Å²) in [5.74, 6) is -0.930. The molecule has 1 heterocycles. The maximum Gasteiger partial charge on any atom is 0.261 e. The zero-order valence-electron chi connectivity index (χ0n) is 15.9. The first-order chi connectivity index (χ1) is 13.6. The molecule has 0 saturated carbocycles. The van der Waals surface area contributed by atoms with Gasteiger partial charge in [-0.15, -0.1) is 0 Å². The normalized spacial score (nSPS) is 18.4. The fraction of sp³-hybridized carbons (Fsp3) is 0.235. The van der Waals surface area contributed by atoms with Crippen LogP contribution in [0.15, 0.2) is 58.3 Å². The van der Waals surface area contributed by atoms with Crippen molar-refractivity contribution in [3.63, 3.8) is 0 Å². The molecule has 0 aromatic heterocycles. The fourth-order valence-electron chi connectivity index (χ4n) is 2.95. The van der Waals surface area contributed by atoms with E-state index in [1.54, 1.807) is 0 Å². The molecule has 0 unspecified atom stereocenters. The van der Waals surface area contributed by atoms with Crippen LogP contribution < -0.4 is 14.2 Å². The Morgan fingerprint density at radius 1 is 0.933 bits per heavy atom. The smallest absolute Gasteiger partial charge is 0.261 e. The highest BCUT2D eigenvalue weighted by Crippen LogP contribution is 2.36. The summed E-state index contributed by atoms with van der Waals surface area (Å²) in [6.07, 6.45) is 0. The molecule has 0 radical (unpaired) electrons. The van der Waals surface area contributed by atoms with E-state index < -0.39 is 41.4 Å². The Hall–Kier alpha value is -2.48. The minimum absolute atomic E-state index is 0.0435. The summed E-state index contributed by atoms with van der Waals surface area (Å²) in [6.45, 7) is 3.05. The van der Waals surface area contributed by atoms with Crippen LogP contribution >= 0.6 is 0 Å². The number of hydrogen-bond donors (Lipinski definition) is 2. The first kappa shape index (κ1) is 22.2. The molecule has 10 nitrogen and oxygen atoms in total. The van der Waals surface area contributed by atoms with Crippen LogP contribution in [0, 0.1) is 5.41 Å². The first-order valence-corrected chi connectivity index (χ1v) is 13.1. The van der Waals surface area contributed by atoms with Crippen LogP contribution in [-0.4, -0.2) is 36.9 Å². The van der Waals surface area contributed by atoms with Gasteiger partial charge in [0, 0.05) is 5.69 Å². The van der Waals surface area contributed by atoms with Gasteiger partial charge in [0.2, 0.25) is 26.0 Å². The summed E-state index contributed by atoms with van der Waals surface area (Å²) in [5.41, 5.74) is -0.929. The first-order valence-electron chi connectivity index (χ1n) is 8.47. The molecule has 0 atom stereocenters. The second-order valence-corrected chi connectivity index (χ2v) is 12.4. The lowest BCUT2D eigenvalue weighted by molar-refractivity contribution is -0.123. The monoisotopic (exact) mass is 473 g/mol. The third-order valence-corrected chi connectivity index (χ3v) is 8.75. The molecule has 2 aromatic rings. The van der Waals surface area contributed by atoms with Crippen LogP contribution in [0.3, 0.4) is 0 Å². The zero-order chi connectivity index (χ0) is 22.5. The lowest BCUT2D eigenvalue weighted by Crippen LogP contribution is -2.32. The zero-order valence-corrected chi connectivity index (χ0v) is 18.4. The number of hydrogen-bond acceptors (Lipinski definition) is 7. The van der Waals surface area contributed by atoms with Crippen LogP contribution in [-0.2, 0) is 34.9 Å². The van der Waals surface area contributed by atoms with E-state index in [1.807, 2.05) is 0 Å². The van der Waals surface area contributed by atoms with E-state index in [1.165, 1.54) is 50.2 Å². The van der Waals surface area contributed by atoms with Gasteiger partial charge < -0.3 is 0 Å². The second kappa shape index (κ2) is 7.04. The number of primary sulfonamides is 1. The van der Waals surface area contributed by atoms with Crippen LogP contribution in [0.1, 0.15) is 13.8 Å². The number of nitrogens with one attached hydrogen (secondary N) is 1. The van der Waals surface area contributed by atoms with Crippen molar-refractivity contribution in [2.45, 2.75) is 23.6 Å². The molecule has 2 aromatic carbocycles. The van der Waals surface area contributed by atoms with Crippen molar-refractivity contribution in [2.24, 2.45) is 10.6 Å². The van der Waals surface area contributed by atoms with Crippen LogP contribution in [0.5, 0.6) is 0 Å². The number of anilines is 2. The third-order valence-electron chi connectivity index (χ3n) is 4.40. The molecule has 0 aliphatic carbocycles. The van der Waals surface area contributed by atoms with E-state index in [4.69, 9.17) is 5.14 Å². The largest absolute Gasteiger partial charge is 0.280 e. The van der Waals surface area contributed by atoms with Gasteiger partial charge in [-0.1, -0.05) is 0 Å². The van der Waals surface area contributed by atoms with Gasteiger partial charge in [-0.25, -0.2) is 34.7 Å². The van der Waals surface area contributed by atoms with E-state index in [-0.39, 0.29) is 26.9 Å². The Kier molecular flexibility index (Phi) is 5.21. The Balaban J connectivity index is 1.86. The summed E-state index contributed by atoms with van der Waals surface area (Å²) < 4.78 is 75.3. The van der Waals surface area contributed by atoms with Gasteiger partial charge in [0.05, 0.1) is 26.6 Å². The molecule has 13 heteroatoms. The van der Waals surface area contributed by atoms with Gasteiger partial charge in [0.1, 0.15) is 0 Å². The minimum atomic E-state index is -4.05. The van der Waals surface area contributed by atoms with Gasteiger partial charge in [0.25, 0.3) is 10.0 Å².